The Balaban J connectivity index is 1.67. The number of anilines is 1. The van der Waals surface area contributed by atoms with Crippen LogP contribution in [0, 0.1) is 15.9 Å². The van der Waals surface area contributed by atoms with Crippen LogP contribution in [0.1, 0.15) is 23.3 Å². The second-order valence-corrected chi connectivity index (χ2v) is 5.91. The van der Waals surface area contributed by atoms with Crippen LogP contribution >= 0.6 is 0 Å². The summed E-state index contributed by atoms with van der Waals surface area (Å²) in [6, 6.07) is 7.20. The van der Waals surface area contributed by atoms with Gasteiger partial charge < -0.3 is 15.4 Å². The highest BCUT2D eigenvalue weighted by molar-refractivity contribution is 5.91. The lowest BCUT2D eigenvalue weighted by Crippen LogP contribution is -2.38. The minimum absolute atomic E-state index is 0.121. The van der Waals surface area contributed by atoms with E-state index in [4.69, 9.17) is 10.5 Å². The van der Waals surface area contributed by atoms with Gasteiger partial charge >= 0.3 is 5.69 Å². The lowest BCUT2D eigenvalue weighted by Gasteiger charge is -2.33. The van der Waals surface area contributed by atoms with Gasteiger partial charge in [0.1, 0.15) is 23.2 Å². The van der Waals surface area contributed by atoms with Gasteiger partial charge in [-0.25, -0.2) is 0 Å². The lowest BCUT2D eigenvalue weighted by atomic mass is 10.1. The Labute approximate surface area is 148 Å². The number of carbonyl (C=O) groups is 1. The number of nitrogens with zero attached hydrogens (tertiary/aromatic N) is 3. The van der Waals surface area contributed by atoms with Crippen molar-refractivity contribution in [3.05, 3.63) is 58.2 Å². The maximum absolute atomic E-state index is 13.8. The minimum atomic E-state index is -0.846. The fraction of sp³-hybridized carbons (Fsp3) is 0.294. The Morgan fingerprint density at radius 2 is 2.08 bits per heavy atom. The molecule has 136 valence electrons. The van der Waals surface area contributed by atoms with E-state index in [9.17, 15) is 19.3 Å². The molecule has 26 heavy (non-hydrogen) atoms. The fourth-order valence-electron chi connectivity index (χ4n) is 2.97. The zero-order valence-corrected chi connectivity index (χ0v) is 13.8. The number of amides is 1. The first kappa shape index (κ1) is 17.6. The summed E-state index contributed by atoms with van der Waals surface area (Å²) < 4.78 is 19.6. The number of para-hydroxylation sites is 1. The summed E-state index contributed by atoms with van der Waals surface area (Å²) in [4.78, 5) is 27.3. The first-order valence-corrected chi connectivity index (χ1v) is 8.06. The number of ether oxygens (including phenoxy) is 1. The van der Waals surface area contributed by atoms with Crippen LogP contribution in [-0.4, -0.2) is 35.0 Å². The molecule has 1 aromatic heterocycles. The molecule has 0 aliphatic carbocycles. The zero-order chi connectivity index (χ0) is 18.7. The number of benzene rings is 1. The van der Waals surface area contributed by atoms with E-state index in [0.717, 1.165) is 6.07 Å². The van der Waals surface area contributed by atoms with Gasteiger partial charge in [-0.3, -0.25) is 19.9 Å². The Morgan fingerprint density at radius 3 is 2.73 bits per heavy atom. The highest BCUT2D eigenvalue weighted by atomic mass is 19.1. The van der Waals surface area contributed by atoms with E-state index >= 15 is 0 Å². The van der Waals surface area contributed by atoms with E-state index < -0.39 is 22.3 Å². The van der Waals surface area contributed by atoms with Gasteiger partial charge in [-0.2, -0.15) is 4.39 Å². The highest BCUT2D eigenvalue weighted by Gasteiger charge is 2.28. The first-order valence-electron chi connectivity index (χ1n) is 8.06. The molecule has 0 bridgehead atoms. The van der Waals surface area contributed by atoms with Crippen molar-refractivity contribution < 1.29 is 18.8 Å². The Bertz CT molecular complexity index is 837. The average Bonchev–Trinajstić information content (AvgIpc) is 2.62. The number of nitro groups is 1. The highest BCUT2D eigenvalue weighted by Crippen LogP contribution is 2.33. The fourth-order valence-corrected chi connectivity index (χ4v) is 2.97. The summed E-state index contributed by atoms with van der Waals surface area (Å²) in [5, 5.41) is 11.1. The van der Waals surface area contributed by atoms with Gasteiger partial charge in [0.15, 0.2) is 0 Å². The number of rotatable bonds is 5. The number of pyridine rings is 1. The molecule has 1 aromatic carbocycles. The number of hydrogen-bond donors (Lipinski definition) is 1. The van der Waals surface area contributed by atoms with E-state index in [1.807, 2.05) is 0 Å². The van der Waals surface area contributed by atoms with Crippen LogP contribution in [-0.2, 0) is 0 Å². The summed E-state index contributed by atoms with van der Waals surface area (Å²) in [7, 11) is 0. The average molecular weight is 360 g/mol. The van der Waals surface area contributed by atoms with Crippen LogP contribution in [0.25, 0.3) is 0 Å². The van der Waals surface area contributed by atoms with Crippen molar-refractivity contribution in [2.75, 3.05) is 18.0 Å². The quantitative estimate of drug-likeness (QED) is 0.647. The predicted molar refractivity (Wildman–Crippen MR) is 91.7 cm³/mol. The van der Waals surface area contributed by atoms with Gasteiger partial charge in [0.2, 0.25) is 5.82 Å². The molecule has 1 aliphatic rings. The third-order valence-electron chi connectivity index (χ3n) is 4.22. The van der Waals surface area contributed by atoms with Crippen molar-refractivity contribution in [1.82, 2.24) is 4.98 Å². The number of nitro benzene ring substituents is 1. The minimum Gasteiger partial charge on any atom is -0.490 e. The number of primary amides is 1. The second-order valence-electron chi connectivity index (χ2n) is 5.91. The number of nitrogens with two attached hydrogens (primary N) is 1. The Kier molecular flexibility index (Phi) is 4.97. The number of piperidine rings is 1. The molecule has 0 unspecified atom stereocenters. The summed E-state index contributed by atoms with van der Waals surface area (Å²) in [5.74, 6) is -0.991. The molecule has 1 saturated heterocycles. The van der Waals surface area contributed by atoms with Crippen LogP contribution in [0.4, 0.5) is 15.8 Å². The number of aromatic nitrogens is 1. The second kappa shape index (κ2) is 7.34. The largest absolute Gasteiger partial charge is 0.490 e. The Morgan fingerprint density at radius 1 is 1.35 bits per heavy atom. The third kappa shape index (κ3) is 3.71. The van der Waals surface area contributed by atoms with Crippen molar-refractivity contribution in [3.8, 4) is 5.75 Å². The molecule has 1 aliphatic heterocycles. The van der Waals surface area contributed by atoms with Crippen molar-refractivity contribution in [2.24, 2.45) is 5.73 Å². The molecule has 1 amide bonds. The topological polar surface area (TPSA) is 112 Å². The lowest BCUT2D eigenvalue weighted by molar-refractivity contribution is -0.386. The van der Waals surface area contributed by atoms with Crippen LogP contribution in [0.15, 0.2) is 36.5 Å². The molecule has 0 spiro atoms. The van der Waals surface area contributed by atoms with Gasteiger partial charge in [0.25, 0.3) is 5.91 Å². The summed E-state index contributed by atoms with van der Waals surface area (Å²) in [6.45, 7) is 0.978. The molecular weight excluding hydrogens is 343 g/mol. The van der Waals surface area contributed by atoms with Crippen molar-refractivity contribution in [3.63, 3.8) is 0 Å². The first-order chi connectivity index (χ1) is 12.5. The molecule has 2 aromatic rings. The summed E-state index contributed by atoms with van der Waals surface area (Å²) in [6.07, 6.45) is 2.52. The van der Waals surface area contributed by atoms with Crippen molar-refractivity contribution in [1.29, 1.82) is 0 Å². The van der Waals surface area contributed by atoms with Crippen LogP contribution in [0.5, 0.6) is 5.75 Å². The van der Waals surface area contributed by atoms with Gasteiger partial charge in [0, 0.05) is 38.2 Å². The van der Waals surface area contributed by atoms with Crippen LogP contribution < -0.4 is 15.4 Å². The summed E-state index contributed by atoms with van der Waals surface area (Å²) >= 11 is 0. The van der Waals surface area contributed by atoms with Gasteiger partial charge in [0.05, 0.1) is 4.92 Å². The van der Waals surface area contributed by atoms with Crippen LogP contribution in [0.3, 0.4) is 0 Å². The zero-order valence-electron chi connectivity index (χ0n) is 13.8. The Hall–Kier alpha value is -3.23. The molecule has 0 atom stereocenters. The smallest absolute Gasteiger partial charge is 0.327 e. The molecule has 1 fully saturated rings. The van der Waals surface area contributed by atoms with E-state index in [1.54, 1.807) is 17.0 Å². The molecule has 2 N–H and O–H groups in total. The number of hydrogen-bond acceptors (Lipinski definition) is 6. The molecule has 0 radical (unpaired) electrons. The predicted octanol–water partition coefficient (Wildman–Crippen LogP) is 2.28. The van der Waals surface area contributed by atoms with E-state index in [1.165, 1.54) is 18.3 Å². The molecule has 0 saturated carbocycles. The molecule has 9 heteroatoms. The SMILES string of the molecule is NC(=O)c1cc(OC2CCN(c3cccc(F)c3[N+](=O)[O-])CC2)ccn1. The maximum Gasteiger partial charge on any atom is 0.327 e. The van der Waals surface area contributed by atoms with Gasteiger partial charge in [-0.15, -0.1) is 0 Å². The number of carbonyl (C=O) groups excluding carboxylic acids is 1. The van der Waals surface area contributed by atoms with E-state index in [2.05, 4.69) is 4.98 Å². The molecular formula is C17H17FN4O4. The van der Waals surface area contributed by atoms with Crippen molar-refractivity contribution in [2.45, 2.75) is 18.9 Å². The summed E-state index contributed by atoms with van der Waals surface area (Å²) in [5.41, 5.74) is 5.08. The maximum atomic E-state index is 13.8. The monoisotopic (exact) mass is 360 g/mol. The normalized spacial score (nSPS) is 14.9. The van der Waals surface area contributed by atoms with E-state index in [0.29, 0.717) is 31.7 Å². The molecule has 3 rings (SSSR count). The standard InChI is InChI=1S/C17H17FN4O4/c18-13-2-1-3-15(16(13)22(24)25)21-8-5-11(6-9-21)26-12-4-7-20-14(10-12)17(19)23/h1-4,7,10-11H,5-6,8-9H2,(H2,19,23). The number of halogens is 1. The third-order valence-corrected chi connectivity index (χ3v) is 4.22. The molecule has 2 heterocycles. The van der Waals surface area contributed by atoms with Gasteiger partial charge in [-0.05, 0) is 18.2 Å². The van der Waals surface area contributed by atoms with Crippen LogP contribution in [0.2, 0.25) is 0 Å². The van der Waals surface area contributed by atoms with Gasteiger partial charge in [-0.1, -0.05) is 6.07 Å². The van der Waals surface area contributed by atoms with E-state index in [-0.39, 0.29) is 17.5 Å². The molecule has 8 nitrogen and oxygen atoms in total. The van der Waals surface area contributed by atoms with Crippen molar-refractivity contribution >= 4 is 17.3 Å².